The number of carbonyl (C=O) groups is 1. The van der Waals surface area contributed by atoms with Gasteiger partial charge in [0.25, 0.3) is 0 Å². The third-order valence-corrected chi connectivity index (χ3v) is 4.39. The summed E-state index contributed by atoms with van der Waals surface area (Å²) < 4.78 is 5.76. The van der Waals surface area contributed by atoms with Crippen LogP contribution >= 0.6 is 0 Å². The summed E-state index contributed by atoms with van der Waals surface area (Å²) in [6, 6.07) is 0. The van der Waals surface area contributed by atoms with Crippen LogP contribution < -0.4 is 0 Å². The summed E-state index contributed by atoms with van der Waals surface area (Å²) >= 11 is 0. The first-order chi connectivity index (χ1) is 10.1. The molecule has 0 radical (unpaired) electrons. The lowest BCUT2D eigenvalue weighted by molar-refractivity contribution is -0.136. The first-order valence-electron chi connectivity index (χ1n) is 7.72. The van der Waals surface area contributed by atoms with Crippen LogP contribution in [-0.4, -0.2) is 28.2 Å². The maximum atomic E-state index is 11.1. The van der Waals surface area contributed by atoms with E-state index in [1.807, 2.05) is 13.8 Å². The molecule has 1 aromatic heterocycles. The van der Waals surface area contributed by atoms with E-state index >= 15 is 0 Å². The summed E-state index contributed by atoms with van der Waals surface area (Å²) in [4.78, 5) is 20.4. The van der Waals surface area contributed by atoms with Crippen molar-refractivity contribution in [2.24, 2.45) is 0 Å². The second kappa shape index (κ2) is 6.52. The van der Waals surface area contributed by atoms with Crippen LogP contribution in [-0.2, 0) is 34.4 Å². The van der Waals surface area contributed by atoms with Gasteiger partial charge >= 0.3 is 5.97 Å². The van der Waals surface area contributed by atoms with Gasteiger partial charge in [-0.25, -0.2) is 9.97 Å². The molecule has 1 saturated carbocycles. The number of carboxylic acids is 1. The van der Waals surface area contributed by atoms with E-state index in [0.29, 0.717) is 12.8 Å². The predicted octanol–water partition coefficient (Wildman–Crippen LogP) is 2.64. The number of ether oxygens (including phenoxy) is 1. The highest BCUT2D eigenvalue weighted by Crippen LogP contribution is 2.40. The van der Waals surface area contributed by atoms with Crippen molar-refractivity contribution in [3.63, 3.8) is 0 Å². The van der Waals surface area contributed by atoms with Crippen molar-refractivity contribution in [1.82, 2.24) is 9.97 Å². The molecular formula is C16H24N2O3. The Balaban J connectivity index is 2.52. The van der Waals surface area contributed by atoms with Crippen LogP contribution in [0.3, 0.4) is 0 Å². The molecule has 116 valence electrons. The fourth-order valence-electron chi connectivity index (χ4n) is 3.19. The third-order valence-electron chi connectivity index (χ3n) is 4.39. The lowest BCUT2D eigenvalue weighted by Crippen LogP contribution is -2.29. The van der Waals surface area contributed by atoms with Gasteiger partial charge in [0.15, 0.2) is 5.82 Å². The van der Waals surface area contributed by atoms with E-state index in [-0.39, 0.29) is 12.0 Å². The Labute approximate surface area is 125 Å². The number of hydrogen-bond acceptors (Lipinski definition) is 4. The fraction of sp³-hybridized carbons (Fsp3) is 0.688. The van der Waals surface area contributed by atoms with Crippen LogP contribution in [0.5, 0.6) is 0 Å². The average Bonchev–Trinajstić information content (AvgIpc) is 2.96. The zero-order valence-electron chi connectivity index (χ0n) is 13.1. The van der Waals surface area contributed by atoms with Gasteiger partial charge in [-0.15, -0.1) is 0 Å². The normalized spacial score (nSPS) is 17.1. The van der Waals surface area contributed by atoms with Crippen LogP contribution in [0.25, 0.3) is 0 Å². The van der Waals surface area contributed by atoms with Gasteiger partial charge in [-0.3, -0.25) is 4.79 Å². The molecular weight excluding hydrogens is 268 g/mol. The maximum absolute atomic E-state index is 11.1. The first-order valence-corrected chi connectivity index (χ1v) is 7.72. The summed E-state index contributed by atoms with van der Waals surface area (Å²) in [5.74, 6) is -0.0941. The summed E-state index contributed by atoms with van der Waals surface area (Å²) in [6.07, 6.45) is 5.54. The lowest BCUT2D eigenvalue weighted by Gasteiger charge is -2.27. The van der Waals surface area contributed by atoms with E-state index in [2.05, 4.69) is 9.97 Å². The molecule has 0 amide bonds. The zero-order valence-corrected chi connectivity index (χ0v) is 13.1. The van der Waals surface area contributed by atoms with Crippen LogP contribution in [0, 0.1) is 0 Å². The number of aryl methyl sites for hydroxylation is 2. The number of carboxylic acid groups (broad SMARTS) is 1. The van der Waals surface area contributed by atoms with Gasteiger partial charge in [0.1, 0.15) is 5.60 Å². The van der Waals surface area contributed by atoms with E-state index in [1.54, 1.807) is 7.11 Å². The molecule has 0 atom stereocenters. The maximum Gasteiger partial charge on any atom is 0.307 e. The van der Waals surface area contributed by atoms with E-state index in [0.717, 1.165) is 48.5 Å². The second-order valence-corrected chi connectivity index (χ2v) is 5.60. The minimum atomic E-state index is -0.835. The predicted molar refractivity (Wildman–Crippen MR) is 79.3 cm³/mol. The number of aliphatic carboxylic acids is 1. The molecule has 1 N–H and O–H groups in total. The number of nitrogens with zero attached hydrogens (tertiary/aromatic N) is 2. The van der Waals surface area contributed by atoms with E-state index < -0.39 is 5.97 Å². The monoisotopic (exact) mass is 292 g/mol. The van der Waals surface area contributed by atoms with Crippen molar-refractivity contribution in [3.8, 4) is 0 Å². The average molecular weight is 292 g/mol. The summed E-state index contributed by atoms with van der Waals surface area (Å²) in [5, 5.41) is 9.10. The summed E-state index contributed by atoms with van der Waals surface area (Å²) in [6.45, 7) is 4.01. The molecule has 1 fully saturated rings. The van der Waals surface area contributed by atoms with Crippen molar-refractivity contribution >= 4 is 5.97 Å². The van der Waals surface area contributed by atoms with Gasteiger partial charge in [0.2, 0.25) is 0 Å². The van der Waals surface area contributed by atoms with Crippen LogP contribution in [0.15, 0.2) is 0 Å². The minimum Gasteiger partial charge on any atom is -0.481 e. The first kappa shape index (κ1) is 15.9. The van der Waals surface area contributed by atoms with Crippen molar-refractivity contribution in [2.75, 3.05) is 7.11 Å². The van der Waals surface area contributed by atoms with Crippen LogP contribution in [0.4, 0.5) is 0 Å². The molecule has 1 heterocycles. The largest absolute Gasteiger partial charge is 0.481 e. The highest BCUT2D eigenvalue weighted by atomic mass is 16.5. The Morgan fingerprint density at radius 2 is 1.71 bits per heavy atom. The van der Waals surface area contributed by atoms with Gasteiger partial charge < -0.3 is 9.84 Å². The lowest BCUT2D eigenvalue weighted by atomic mass is 9.98. The van der Waals surface area contributed by atoms with Gasteiger partial charge in [-0.05, 0) is 38.5 Å². The molecule has 2 rings (SSSR count). The van der Waals surface area contributed by atoms with Crippen molar-refractivity contribution in [1.29, 1.82) is 0 Å². The van der Waals surface area contributed by atoms with Crippen molar-refractivity contribution in [3.05, 3.63) is 22.8 Å². The number of aromatic nitrogens is 2. The standard InChI is InChI=1S/C16H24N2O3/c1-4-12-11(10-14(19)20)13(5-2)18-15(17-12)16(21-3)8-6-7-9-16/h4-10H2,1-3H3,(H,19,20). The van der Waals surface area contributed by atoms with E-state index in [1.165, 1.54) is 0 Å². The number of hydrogen-bond donors (Lipinski definition) is 1. The third kappa shape index (κ3) is 3.07. The zero-order chi connectivity index (χ0) is 15.5. The minimum absolute atomic E-state index is 0.00733. The summed E-state index contributed by atoms with van der Waals surface area (Å²) in [5.41, 5.74) is 2.10. The number of methoxy groups -OCH3 is 1. The van der Waals surface area contributed by atoms with Gasteiger partial charge in [0, 0.05) is 24.1 Å². The fourth-order valence-corrected chi connectivity index (χ4v) is 3.19. The van der Waals surface area contributed by atoms with E-state index in [4.69, 9.17) is 9.84 Å². The highest BCUT2D eigenvalue weighted by molar-refractivity contribution is 5.71. The molecule has 0 aliphatic heterocycles. The molecule has 0 spiro atoms. The number of rotatable bonds is 6. The second-order valence-electron chi connectivity index (χ2n) is 5.60. The molecule has 1 aliphatic carbocycles. The quantitative estimate of drug-likeness (QED) is 0.872. The van der Waals surface area contributed by atoms with Gasteiger partial charge in [0.05, 0.1) is 6.42 Å². The van der Waals surface area contributed by atoms with Gasteiger partial charge in [-0.1, -0.05) is 13.8 Å². The van der Waals surface area contributed by atoms with Crippen LogP contribution in [0.1, 0.15) is 62.3 Å². The van der Waals surface area contributed by atoms with E-state index in [9.17, 15) is 4.79 Å². The van der Waals surface area contributed by atoms with Crippen LogP contribution in [0.2, 0.25) is 0 Å². The van der Waals surface area contributed by atoms with Crippen molar-refractivity contribution in [2.45, 2.75) is 64.4 Å². The molecule has 0 unspecified atom stereocenters. The Hall–Kier alpha value is -1.49. The SMILES string of the molecule is CCc1nc(C2(OC)CCCC2)nc(CC)c1CC(=O)O. The molecule has 0 aromatic carbocycles. The Kier molecular flexibility index (Phi) is 4.93. The molecule has 1 aliphatic rings. The molecule has 0 bridgehead atoms. The Morgan fingerprint density at radius 3 is 2.10 bits per heavy atom. The molecule has 21 heavy (non-hydrogen) atoms. The molecule has 1 aromatic rings. The topological polar surface area (TPSA) is 72.3 Å². The Morgan fingerprint density at radius 1 is 1.19 bits per heavy atom. The molecule has 5 nitrogen and oxygen atoms in total. The molecule has 0 saturated heterocycles. The molecule has 5 heteroatoms. The Bertz CT molecular complexity index is 497. The summed E-state index contributed by atoms with van der Waals surface area (Å²) in [7, 11) is 1.72. The van der Waals surface area contributed by atoms with Gasteiger partial charge in [-0.2, -0.15) is 0 Å². The highest BCUT2D eigenvalue weighted by Gasteiger charge is 2.39. The smallest absolute Gasteiger partial charge is 0.307 e. The van der Waals surface area contributed by atoms with Crippen molar-refractivity contribution < 1.29 is 14.6 Å².